The van der Waals surface area contributed by atoms with E-state index in [1.807, 2.05) is 12.2 Å². The molecule has 1 nitrogen and oxygen atoms in total. The van der Waals surface area contributed by atoms with Crippen molar-refractivity contribution in [2.75, 3.05) is 0 Å². The van der Waals surface area contributed by atoms with Crippen LogP contribution in [0.4, 0.5) is 0 Å². The predicted molar refractivity (Wildman–Crippen MR) is 64.8 cm³/mol. The summed E-state index contributed by atoms with van der Waals surface area (Å²) < 4.78 is 0. The molecule has 0 spiro atoms. The van der Waals surface area contributed by atoms with Gasteiger partial charge in [-0.15, -0.1) is 6.58 Å². The first-order chi connectivity index (χ1) is 6.52. The summed E-state index contributed by atoms with van der Waals surface area (Å²) in [5, 5.41) is 0. The Balaban J connectivity index is 4.50. The van der Waals surface area contributed by atoms with E-state index in [1.54, 1.807) is 0 Å². The normalized spacial score (nSPS) is 15.8. The fraction of sp³-hybridized carbons (Fsp3) is 0.538. The topological polar surface area (TPSA) is 26.0 Å². The van der Waals surface area contributed by atoms with Crippen LogP contribution in [-0.4, -0.2) is 0 Å². The van der Waals surface area contributed by atoms with Gasteiger partial charge >= 0.3 is 0 Å². The number of allylic oxidation sites excluding steroid dienone is 4. The Morgan fingerprint density at radius 1 is 1.43 bits per heavy atom. The van der Waals surface area contributed by atoms with E-state index in [2.05, 4.69) is 40.3 Å². The van der Waals surface area contributed by atoms with Gasteiger partial charge in [-0.2, -0.15) is 0 Å². The third kappa shape index (κ3) is 4.31. The average molecular weight is 193 g/mol. The third-order valence-corrected chi connectivity index (χ3v) is 2.62. The van der Waals surface area contributed by atoms with E-state index in [-0.39, 0.29) is 0 Å². The SMILES string of the molecule is C=CC(/C=C\C(N)=C(/C)C(C)C)CC. The van der Waals surface area contributed by atoms with Crippen LogP contribution < -0.4 is 5.73 Å². The van der Waals surface area contributed by atoms with Crippen molar-refractivity contribution in [3.63, 3.8) is 0 Å². The van der Waals surface area contributed by atoms with Gasteiger partial charge in [0.15, 0.2) is 0 Å². The van der Waals surface area contributed by atoms with Gasteiger partial charge in [-0.05, 0) is 36.8 Å². The van der Waals surface area contributed by atoms with E-state index in [0.717, 1.165) is 12.1 Å². The van der Waals surface area contributed by atoms with Crippen LogP contribution in [0.1, 0.15) is 34.1 Å². The number of nitrogens with two attached hydrogens (primary N) is 1. The molecule has 0 aliphatic carbocycles. The quantitative estimate of drug-likeness (QED) is 0.523. The minimum atomic E-state index is 0.438. The monoisotopic (exact) mass is 193 g/mol. The van der Waals surface area contributed by atoms with Crippen LogP contribution in [0.3, 0.4) is 0 Å². The molecule has 0 fully saturated rings. The lowest BCUT2D eigenvalue weighted by atomic mass is 10.0. The second-order valence-electron chi connectivity index (χ2n) is 3.96. The van der Waals surface area contributed by atoms with Crippen molar-refractivity contribution in [1.82, 2.24) is 0 Å². The lowest BCUT2D eigenvalue weighted by Gasteiger charge is -2.08. The van der Waals surface area contributed by atoms with Crippen molar-refractivity contribution in [3.8, 4) is 0 Å². The zero-order valence-corrected chi connectivity index (χ0v) is 9.88. The second-order valence-corrected chi connectivity index (χ2v) is 3.96. The van der Waals surface area contributed by atoms with Crippen LogP contribution >= 0.6 is 0 Å². The van der Waals surface area contributed by atoms with Crippen LogP contribution in [0.2, 0.25) is 0 Å². The molecular weight excluding hydrogens is 170 g/mol. The van der Waals surface area contributed by atoms with Crippen molar-refractivity contribution in [3.05, 3.63) is 36.1 Å². The van der Waals surface area contributed by atoms with Crippen LogP contribution in [0.25, 0.3) is 0 Å². The Labute approximate surface area is 88.4 Å². The molecule has 0 bridgehead atoms. The zero-order chi connectivity index (χ0) is 11.1. The summed E-state index contributed by atoms with van der Waals surface area (Å²) in [6, 6.07) is 0. The van der Waals surface area contributed by atoms with Gasteiger partial charge in [0, 0.05) is 5.70 Å². The summed E-state index contributed by atoms with van der Waals surface area (Å²) in [5.41, 5.74) is 8.07. The van der Waals surface area contributed by atoms with E-state index in [4.69, 9.17) is 5.73 Å². The summed E-state index contributed by atoms with van der Waals surface area (Å²) in [7, 11) is 0. The lowest BCUT2D eigenvalue weighted by molar-refractivity contribution is 0.754. The molecule has 0 saturated heterocycles. The lowest BCUT2D eigenvalue weighted by Crippen LogP contribution is -2.03. The minimum Gasteiger partial charge on any atom is -0.399 e. The first kappa shape index (κ1) is 13.0. The van der Waals surface area contributed by atoms with Crippen LogP contribution in [-0.2, 0) is 0 Å². The highest BCUT2D eigenvalue weighted by Crippen LogP contribution is 2.13. The molecule has 1 unspecified atom stereocenters. The summed E-state index contributed by atoms with van der Waals surface area (Å²) in [5.74, 6) is 0.956. The Morgan fingerprint density at radius 2 is 2.00 bits per heavy atom. The summed E-state index contributed by atoms with van der Waals surface area (Å²) in [6.45, 7) is 12.3. The number of hydrogen-bond donors (Lipinski definition) is 1. The standard InChI is InChI=1S/C13H23N/c1-6-12(7-2)8-9-13(14)11(5)10(3)4/h6,8-10,12H,1,7,14H2,2-5H3/b9-8-,13-11-. The first-order valence-electron chi connectivity index (χ1n) is 5.29. The largest absolute Gasteiger partial charge is 0.399 e. The van der Waals surface area contributed by atoms with Gasteiger partial charge in [-0.3, -0.25) is 0 Å². The maximum absolute atomic E-state index is 5.93. The average Bonchev–Trinajstić information content (AvgIpc) is 2.17. The van der Waals surface area contributed by atoms with Crippen molar-refractivity contribution in [1.29, 1.82) is 0 Å². The molecule has 0 aromatic heterocycles. The molecule has 80 valence electrons. The van der Waals surface area contributed by atoms with Gasteiger partial charge in [0.05, 0.1) is 0 Å². The Bertz CT molecular complexity index is 234. The molecule has 0 aliphatic heterocycles. The molecule has 1 atom stereocenters. The van der Waals surface area contributed by atoms with Gasteiger partial charge in [0.1, 0.15) is 0 Å². The highest BCUT2D eigenvalue weighted by molar-refractivity contribution is 5.23. The van der Waals surface area contributed by atoms with Gasteiger partial charge in [0.25, 0.3) is 0 Å². The molecule has 0 rings (SSSR count). The number of hydrogen-bond acceptors (Lipinski definition) is 1. The summed E-state index contributed by atoms with van der Waals surface area (Å²) >= 11 is 0. The van der Waals surface area contributed by atoms with Crippen LogP contribution in [0.5, 0.6) is 0 Å². The molecular formula is C13H23N. The Kier molecular flexibility index (Phi) is 6.02. The maximum Gasteiger partial charge on any atom is 0.0302 e. The van der Waals surface area contributed by atoms with Gasteiger partial charge in [-0.25, -0.2) is 0 Å². The van der Waals surface area contributed by atoms with Gasteiger partial charge in [0.2, 0.25) is 0 Å². The molecule has 0 saturated carbocycles. The smallest absolute Gasteiger partial charge is 0.0302 e. The molecule has 0 heterocycles. The zero-order valence-electron chi connectivity index (χ0n) is 9.88. The van der Waals surface area contributed by atoms with Crippen LogP contribution in [0.15, 0.2) is 36.1 Å². The number of rotatable bonds is 5. The van der Waals surface area contributed by atoms with E-state index < -0.39 is 0 Å². The highest BCUT2D eigenvalue weighted by atomic mass is 14.6. The Morgan fingerprint density at radius 3 is 2.36 bits per heavy atom. The minimum absolute atomic E-state index is 0.438. The van der Waals surface area contributed by atoms with E-state index >= 15 is 0 Å². The van der Waals surface area contributed by atoms with Crippen molar-refractivity contribution in [2.24, 2.45) is 17.6 Å². The fourth-order valence-electron chi connectivity index (χ4n) is 1.07. The molecule has 0 radical (unpaired) electrons. The van der Waals surface area contributed by atoms with E-state index in [0.29, 0.717) is 11.8 Å². The highest BCUT2D eigenvalue weighted by Gasteiger charge is 2.00. The summed E-state index contributed by atoms with van der Waals surface area (Å²) in [6.07, 6.45) is 7.15. The van der Waals surface area contributed by atoms with E-state index in [1.165, 1.54) is 5.57 Å². The van der Waals surface area contributed by atoms with Gasteiger partial charge < -0.3 is 5.73 Å². The molecule has 0 aliphatic rings. The van der Waals surface area contributed by atoms with Crippen molar-refractivity contribution >= 4 is 0 Å². The van der Waals surface area contributed by atoms with E-state index in [9.17, 15) is 0 Å². The van der Waals surface area contributed by atoms with Crippen molar-refractivity contribution < 1.29 is 0 Å². The van der Waals surface area contributed by atoms with Gasteiger partial charge in [-0.1, -0.05) is 32.9 Å². The molecule has 2 N–H and O–H groups in total. The first-order valence-corrected chi connectivity index (χ1v) is 5.29. The maximum atomic E-state index is 5.93. The molecule has 0 aromatic rings. The molecule has 14 heavy (non-hydrogen) atoms. The van der Waals surface area contributed by atoms with Crippen LogP contribution in [0, 0.1) is 11.8 Å². The molecule has 1 heteroatoms. The summed E-state index contributed by atoms with van der Waals surface area (Å²) in [4.78, 5) is 0. The second kappa shape index (κ2) is 6.47. The van der Waals surface area contributed by atoms with Crippen molar-refractivity contribution in [2.45, 2.75) is 34.1 Å². The Hall–Kier alpha value is -0.980. The third-order valence-electron chi connectivity index (χ3n) is 2.62. The molecule has 0 amide bonds. The predicted octanol–water partition coefficient (Wildman–Crippen LogP) is 3.64. The molecule has 0 aromatic carbocycles. The fourth-order valence-corrected chi connectivity index (χ4v) is 1.07.